The number of sulfone groups is 1. The van der Waals surface area contributed by atoms with E-state index < -0.39 is 15.7 Å². The van der Waals surface area contributed by atoms with E-state index >= 15 is 0 Å². The highest BCUT2D eigenvalue weighted by atomic mass is 32.2. The molecule has 0 aliphatic heterocycles. The third-order valence-corrected chi connectivity index (χ3v) is 4.56. The van der Waals surface area contributed by atoms with Gasteiger partial charge in [0, 0.05) is 6.04 Å². The number of hydrogen-bond acceptors (Lipinski definition) is 3. The Morgan fingerprint density at radius 1 is 1.39 bits per heavy atom. The molecule has 0 aliphatic rings. The Kier molecular flexibility index (Phi) is 5.75. The molecule has 5 heteroatoms. The van der Waals surface area contributed by atoms with E-state index in [-0.39, 0.29) is 10.6 Å². The molecule has 0 heterocycles. The zero-order chi connectivity index (χ0) is 13.6. The average molecular weight is 273 g/mol. The lowest BCUT2D eigenvalue weighted by atomic mass is 10.2. The Morgan fingerprint density at radius 2 is 2.11 bits per heavy atom. The first-order chi connectivity index (χ1) is 8.45. The van der Waals surface area contributed by atoms with Crippen molar-refractivity contribution in [3.8, 4) is 0 Å². The topological polar surface area (TPSA) is 46.2 Å². The molecular formula is C13H20FNO2S. The number of nitrogens with one attached hydrogen (secondary N) is 1. The minimum atomic E-state index is -3.36. The molecule has 1 rings (SSSR count). The van der Waals surface area contributed by atoms with E-state index in [1.165, 1.54) is 18.2 Å². The highest BCUT2D eigenvalue weighted by molar-refractivity contribution is 7.91. The summed E-state index contributed by atoms with van der Waals surface area (Å²) >= 11 is 0. The molecule has 0 aliphatic carbocycles. The first-order valence-corrected chi connectivity index (χ1v) is 7.82. The van der Waals surface area contributed by atoms with Crippen LogP contribution in [-0.2, 0) is 9.84 Å². The van der Waals surface area contributed by atoms with Crippen molar-refractivity contribution in [2.75, 3.05) is 12.3 Å². The summed E-state index contributed by atoms with van der Waals surface area (Å²) in [5.41, 5.74) is 0. The minimum absolute atomic E-state index is 0.0617. The van der Waals surface area contributed by atoms with Gasteiger partial charge >= 0.3 is 0 Å². The summed E-state index contributed by atoms with van der Waals surface area (Å²) in [6, 6.07) is 5.47. The summed E-state index contributed by atoms with van der Waals surface area (Å²) in [5.74, 6) is -0.455. The molecule has 0 saturated carbocycles. The van der Waals surface area contributed by atoms with Gasteiger partial charge in [0.2, 0.25) is 0 Å². The second kappa shape index (κ2) is 6.85. The monoisotopic (exact) mass is 273 g/mol. The van der Waals surface area contributed by atoms with Gasteiger partial charge in [0.1, 0.15) is 5.82 Å². The van der Waals surface area contributed by atoms with Gasteiger partial charge in [-0.1, -0.05) is 13.0 Å². The van der Waals surface area contributed by atoms with Crippen LogP contribution in [-0.4, -0.2) is 26.8 Å². The normalized spacial score (nSPS) is 13.5. The van der Waals surface area contributed by atoms with Gasteiger partial charge in [-0.05, 0) is 44.5 Å². The highest BCUT2D eigenvalue weighted by Crippen LogP contribution is 2.14. The predicted molar refractivity (Wildman–Crippen MR) is 70.8 cm³/mol. The SMILES string of the molecule is CCNC(C)CCCS(=O)(=O)c1cccc(F)c1. The molecule has 1 unspecified atom stereocenters. The molecule has 18 heavy (non-hydrogen) atoms. The molecule has 0 aromatic heterocycles. The molecule has 0 bridgehead atoms. The minimum Gasteiger partial charge on any atom is -0.315 e. The maximum atomic E-state index is 13.0. The van der Waals surface area contributed by atoms with Crippen LogP contribution in [0, 0.1) is 5.82 Å². The number of hydrogen-bond donors (Lipinski definition) is 1. The first kappa shape index (κ1) is 15.1. The predicted octanol–water partition coefficient (Wildman–Crippen LogP) is 2.38. The van der Waals surface area contributed by atoms with E-state index in [2.05, 4.69) is 5.32 Å². The maximum absolute atomic E-state index is 13.0. The van der Waals surface area contributed by atoms with Crippen LogP contribution in [0.25, 0.3) is 0 Å². The van der Waals surface area contributed by atoms with E-state index in [1.54, 1.807) is 0 Å². The smallest absolute Gasteiger partial charge is 0.178 e. The maximum Gasteiger partial charge on any atom is 0.178 e. The summed E-state index contributed by atoms with van der Waals surface area (Å²) in [6.45, 7) is 4.91. The second-order valence-corrected chi connectivity index (χ2v) is 6.49. The van der Waals surface area contributed by atoms with Crippen molar-refractivity contribution in [2.24, 2.45) is 0 Å². The lowest BCUT2D eigenvalue weighted by Crippen LogP contribution is -2.26. The Balaban J connectivity index is 2.55. The van der Waals surface area contributed by atoms with Gasteiger partial charge in [0.15, 0.2) is 9.84 Å². The van der Waals surface area contributed by atoms with Crippen molar-refractivity contribution < 1.29 is 12.8 Å². The fourth-order valence-corrected chi connectivity index (χ4v) is 3.17. The highest BCUT2D eigenvalue weighted by Gasteiger charge is 2.15. The molecule has 1 aromatic rings. The zero-order valence-corrected chi connectivity index (χ0v) is 11.6. The van der Waals surface area contributed by atoms with E-state index in [0.717, 1.165) is 19.0 Å². The van der Waals surface area contributed by atoms with Crippen LogP contribution in [0.1, 0.15) is 26.7 Å². The van der Waals surface area contributed by atoms with Crippen molar-refractivity contribution in [1.29, 1.82) is 0 Å². The van der Waals surface area contributed by atoms with Crippen molar-refractivity contribution in [3.63, 3.8) is 0 Å². The molecular weight excluding hydrogens is 253 g/mol. The van der Waals surface area contributed by atoms with E-state index in [9.17, 15) is 12.8 Å². The van der Waals surface area contributed by atoms with Gasteiger partial charge in [-0.3, -0.25) is 0 Å². The average Bonchev–Trinajstić information content (AvgIpc) is 2.29. The van der Waals surface area contributed by atoms with E-state index in [0.29, 0.717) is 12.5 Å². The molecule has 0 fully saturated rings. The molecule has 102 valence electrons. The molecule has 0 radical (unpaired) electrons. The molecule has 1 aromatic carbocycles. The largest absolute Gasteiger partial charge is 0.315 e. The zero-order valence-electron chi connectivity index (χ0n) is 10.8. The summed E-state index contributed by atoms with van der Waals surface area (Å²) in [6.07, 6.45) is 1.37. The second-order valence-electron chi connectivity index (χ2n) is 4.38. The lowest BCUT2D eigenvalue weighted by Gasteiger charge is -2.11. The van der Waals surface area contributed by atoms with Crippen molar-refractivity contribution in [2.45, 2.75) is 37.6 Å². The Morgan fingerprint density at radius 3 is 2.72 bits per heavy atom. The number of halogens is 1. The third-order valence-electron chi connectivity index (χ3n) is 2.76. The van der Waals surface area contributed by atoms with Gasteiger partial charge < -0.3 is 5.32 Å². The summed E-state index contributed by atoms with van der Waals surface area (Å²) in [4.78, 5) is 0.0682. The van der Waals surface area contributed by atoms with Crippen LogP contribution >= 0.6 is 0 Å². The van der Waals surface area contributed by atoms with Crippen molar-refractivity contribution in [3.05, 3.63) is 30.1 Å². The summed E-state index contributed by atoms with van der Waals surface area (Å²) in [5, 5.41) is 3.23. The van der Waals surface area contributed by atoms with Gasteiger partial charge in [-0.15, -0.1) is 0 Å². The first-order valence-electron chi connectivity index (χ1n) is 6.17. The Labute approximate surface area is 108 Å². The van der Waals surface area contributed by atoms with Crippen molar-refractivity contribution in [1.82, 2.24) is 5.32 Å². The standard InChI is InChI=1S/C13H20FNO2S/c1-3-15-11(2)6-5-9-18(16,17)13-8-4-7-12(14)10-13/h4,7-8,10-11,15H,3,5-6,9H2,1-2H3. The summed E-state index contributed by atoms with van der Waals surface area (Å²) in [7, 11) is -3.36. The molecule has 0 spiro atoms. The van der Waals surface area contributed by atoms with E-state index in [1.807, 2.05) is 13.8 Å². The van der Waals surface area contributed by atoms with Gasteiger partial charge in [-0.2, -0.15) is 0 Å². The Hall–Kier alpha value is -0.940. The van der Waals surface area contributed by atoms with Crippen LogP contribution in [0.3, 0.4) is 0 Å². The third kappa shape index (κ3) is 4.74. The number of benzene rings is 1. The molecule has 0 amide bonds. The van der Waals surface area contributed by atoms with Crippen LogP contribution in [0.5, 0.6) is 0 Å². The molecule has 0 saturated heterocycles. The van der Waals surface area contributed by atoms with Crippen LogP contribution < -0.4 is 5.32 Å². The fraction of sp³-hybridized carbons (Fsp3) is 0.538. The van der Waals surface area contributed by atoms with E-state index in [4.69, 9.17) is 0 Å². The van der Waals surface area contributed by atoms with Crippen LogP contribution in [0.15, 0.2) is 29.2 Å². The number of rotatable bonds is 7. The summed E-state index contributed by atoms with van der Waals surface area (Å²) < 4.78 is 36.8. The van der Waals surface area contributed by atoms with Crippen LogP contribution in [0.2, 0.25) is 0 Å². The fourth-order valence-electron chi connectivity index (χ4n) is 1.81. The lowest BCUT2D eigenvalue weighted by molar-refractivity contribution is 0.520. The quantitative estimate of drug-likeness (QED) is 0.829. The van der Waals surface area contributed by atoms with Crippen LogP contribution in [0.4, 0.5) is 4.39 Å². The van der Waals surface area contributed by atoms with Crippen molar-refractivity contribution >= 4 is 9.84 Å². The Bertz CT molecular complexity index is 474. The molecule has 3 nitrogen and oxygen atoms in total. The molecule has 1 atom stereocenters. The van der Waals surface area contributed by atoms with Gasteiger partial charge in [0.25, 0.3) is 0 Å². The molecule has 1 N–H and O–H groups in total. The van der Waals surface area contributed by atoms with Gasteiger partial charge in [-0.25, -0.2) is 12.8 Å². The van der Waals surface area contributed by atoms with Gasteiger partial charge in [0.05, 0.1) is 10.6 Å².